The van der Waals surface area contributed by atoms with Crippen LogP contribution < -0.4 is 0 Å². The van der Waals surface area contributed by atoms with Gasteiger partial charge in [0.25, 0.3) is 0 Å². The molecule has 0 spiro atoms. The molecule has 1 heteroatoms. The normalized spacial score (nSPS) is 35.9. The van der Waals surface area contributed by atoms with Crippen molar-refractivity contribution < 1.29 is 5.11 Å². The van der Waals surface area contributed by atoms with Crippen molar-refractivity contribution in [3.63, 3.8) is 0 Å². The van der Waals surface area contributed by atoms with Gasteiger partial charge in [0.05, 0.1) is 6.10 Å². The van der Waals surface area contributed by atoms with Crippen LogP contribution in [0.2, 0.25) is 0 Å². The first-order valence-corrected chi connectivity index (χ1v) is 5.13. The fraction of sp³-hybridized carbons (Fsp3) is 0.500. The van der Waals surface area contributed by atoms with Crippen LogP contribution in [0.1, 0.15) is 42.4 Å². The molecule has 3 atom stereocenters. The smallest absolute Gasteiger partial charge is 0.0821 e. The summed E-state index contributed by atoms with van der Waals surface area (Å²) in [6, 6.07) is 8.40. The van der Waals surface area contributed by atoms with Crippen molar-refractivity contribution in [1.82, 2.24) is 0 Å². The van der Waals surface area contributed by atoms with Crippen LogP contribution in [0.25, 0.3) is 0 Å². The fourth-order valence-corrected chi connectivity index (χ4v) is 2.99. The molecule has 1 aromatic carbocycles. The molecular weight excluding hydrogens is 160 g/mol. The molecule has 2 bridgehead atoms. The van der Waals surface area contributed by atoms with Crippen molar-refractivity contribution in [2.24, 2.45) is 5.92 Å². The Hall–Kier alpha value is -0.820. The van der Waals surface area contributed by atoms with Gasteiger partial charge in [-0.15, -0.1) is 0 Å². The maximum atomic E-state index is 10.0. The van der Waals surface area contributed by atoms with Gasteiger partial charge in [-0.2, -0.15) is 0 Å². The van der Waals surface area contributed by atoms with Gasteiger partial charge in [-0.25, -0.2) is 0 Å². The van der Waals surface area contributed by atoms with Gasteiger partial charge in [-0.1, -0.05) is 24.3 Å². The van der Waals surface area contributed by atoms with E-state index in [1.165, 1.54) is 30.4 Å². The summed E-state index contributed by atoms with van der Waals surface area (Å²) < 4.78 is 0. The van der Waals surface area contributed by atoms with Crippen LogP contribution in [-0.2, 0) is 0 Å². The van der Waals surface area contributed by atoms with E-state index >= 15 is 0 Å². The molecule has 3 rings (SSSR count). The van der Waals surface area contributed by atoms with Crippen LogP contribution in [0.15, 0.2) is 24.3 Å². The third-order valence-corrected chi connectivity index (χ3v) is 3.67. The number of fused-ring (bicyclic) bond motifs is 4. The maximum Gasteiger partial charge on any atom is 0.0821 e. The number of aliphatic hydroxyl groups is 1. The topological polar surface area (TPSA) is 20.2 Å². The second-order valence-electron chi connectivity index (χ2n) is 4.34. The summed E-state index contributed by atoms with van der Waals surface area (Å²) in [6.07, 6.45) is 3.51. The van der Waals surface area contributed by atoms with Gasteiger partial charge in [-0.3, -0.25) is 0 Å². The van der Waals surface area contributed by atoms with Crippen LogP contribution in [0.5, 0.6) is 0 Å². The van der Waals surface area contributed by atoms with Crippen molar-refractivity contribution in [3.8, 4) is 0 Å². The van der Waals surface area contributed by atoms with Crippen LogP contribution >= 0.6 is 0 Å². The van der Waals surface area contributed by atoms with Gasteiger partial charge >= 0.3 is 0 Å². The van der Waals surface area contributed by atoms with E-state index in [0.717, 1.165) is 5.92 Å². The molecule has 1 fully saturated rings. The van der Waals surface area contributed by atoms with E-state index in [9.17, 15) is 5.11 Å². The predicted molar refractivity (Wildman–Crippen MR) is 51.5 cm³/mol. The Bertz CT molecular complexity index is 317. The number of aliphatic hydroxyl groups excluding tert-OH is 1. The Kier molecular flexibility index (Phi) is 1.50. The molecule has 0 saturated heterocycles. The lowest BCUT2D eigenvalue weighted by Crippen LogP contribution is -2.16. The van der Waals surface area contributed by atoms with Crippen molar-refractivity contribution in [3.05, 3.63) is 35.4 Å². The summed E-state index contributed by atoms with van der Waals surface area (Å²) in [7, 11) is 0. The van der Waals surface area contributed by atoms with E-state index in [1.807, 2.05) is 6.07 Å². The summed E-state index contributed by atoms with van der Waals surface area (Å²) in [5.74, 6) is 1.28. The van der Waals surface area contributed by atoms with Gasteiger partial charge in [0, 0.05) is 0 Å². The first-order valence-electron chi connectivity index (χ1n) is 5.13. The molecule has 1 nitrogen and oxygen atoms in total. The van der Waals surface area contributed by atoms with Gasteiger partial charge in [0.15, 0.2) is 0 Å². The average Bonchev–Trinajstić information content (AvgIpc) is 2.61. The molecule has 68 valence electrons. The molecule has 0 radical (unpaired) electrons. The Balaban J connectivity index is 2.16. The second kappa shape index (κ2) is 2.58. The summed E-state index contributed by atoms with van der Waals surface area (Å²) in [4.78, 5) is 0. The Morgan fingerprint density at radius 1 is 1.08 bits per heavy atom. The number of hydrogen-bond donors (Lipinski definition) is 1. The average molecular weight is 174 g/mol. The monoisotopic (exact) mass is 174 g/mol. The first kappa shape index (κ1) is 7.57. The highest BCUT2D eigenvalue weighted by Crippen LogP contribution is 2.50. The van der Waals surface area contributed by atoms with Gasteiger partial charge in [-0.05, 0) is 42.2 Å². The molecule has 13 heavy (non-hydrogen) atoms. The van der Waals surface area contributed by atoms with Gasteiger partial charge in [0.1, 0.15) is 0 Å². The predicted octanol–water partition coefficient (Wildman–Crippen LogP) is 2.62. The molecule has 0 aromatic heterocycles. The number of benzene rings is 1. The summed E-state index contributed by atoms with van der Waals surface area (Å²) in [6.45, 7) is 0. The third kappa shape index (κ3) is 0.969. The Labute approximate surface area is 78.4 Å². The number of rotatable bonds is 0. The molecule has 2 aliphatic rings. The molecule has 1 aromatic rings. The molecule has 0 amide bonds. The van der Waals surface area contributed by atoms with E-state index in [0.29, 0.717) is 5.92 Å². The summed E-state index contributed by atoms with van der Waals surface area (Å²) >= 11 is 0. The van der Waals surface area contributed by atoms with Gasteiger partial charge in [0.2, 0.25) is 0 Å². The van der Waals surface area contributed by atoms with Gasteiger partial charge < -0.3 is 5.11 Å². The van der Waals surface area contributed by atoms with Crippen molar-refractivity contribution in [2.45, 2.75) is 31.3 Å². The molecule has 0 unspecified atom stereocenters. The number of hydrogen-bond acceptors (Lipinski definition) is 1. The molecule has 1 N–H and O–H groups in total. The minimum absolute atomic E-state index is 0.185. The van der Waals surface area contributed by atoms with Crippen LogP contribution in [0, 0.1) is 5.92 Å². The standard InChI is InChI=1S/C12H14O/c13-12-9-6-5-8(7-9)10-3-1-2-4-11(10)12/h1-4,8-9,12-13H,5-7H2/t8-,9+,12-/m1/s1. The van der Waals surface area contributed by atoms with E-state index in [2.05, 4.69) is 18.2 Å². The van der Waals surface area contributed by atoms with Crippen molar-refractivity contribution in [2.75, 3.05) is 0 Å². The lowest BCUT2D eigenvalue weighted by Gasteiger charge is -2.27. The van der Waals surface area contributed by atoms with E-state index < -0.39 is 0 Å². The second-order valence-corrected chi connectivity index (χ2v) is 4.34. The SMILES string of the molecule is O[C@H]1c2ccccc2[C@@H]2CC[C@H]1C2. The van der Waals surface area contributed by atoms with Crippen molar-refractivity contribution >= 4 is 0 Å². The Morgan fingerprint density at radius 3 is 2.69 bits per heavy atom. The van der Waals surface area contributed by atoms with Crippen LogP contribution in [0.4, 0.5) is 0 Å². The highest BCUT2D eigenvalue weighted by molar-refractivity contribution is 5.36. The molecule has 1 saturated carbocycles. The zero-order valence-electron chi connectivity index (χ0n) is 7.61. The maximum absolute atomic E-state index is 10.0. The van der Waals surface area contributed by atoms with E-state index in [-0.39, 0.29) is 6.10 Å². The fourth-order valence-electron chi connectivity index (χ4n) is 2.99. The molecule has 0 aliphatic heterocycles. The van der Waals surface area contributed by atoms with Crippen LogP contribution in [0.3, 0.4) is 0 Å². The quantitative estimate of drug-likeness (QED) is 0.641. The Morgan fingerprint density at radius 2 is 1.85 bits per heavy atom. The lowest BCUT2D eigenvalue weighted by molar-refractivity contribution is 0.104. The summed E-state index contributed by atoms with van der Waals surface area (Å²) in [5.41, 5.74) is 2.60. The van der Waals surface area contributed by atoms with E-state index in [4.69, 9.17) is 0 Å². The largest absolute Gasteiger partial charge is 0.388 e. The minimum atomic E-state index is -0.185. The third-order valence-electron chi connectivity index (χ3n) is 3.67. The zero-order chi connectivity index (χ0) is 8.84. The first-order chi connectivity index (χ1) is 6.36. The molecular formula is C12H14O. The highest BCUT2D eigenvalue weighted by Gasteiger charge is 2.38. The van der Waals surface area contributed by atoms with Crippen LogP contribution in [-0.4, -0.2) is 5.11 Å². The minimum Gasteiger partial charge on any atom is -0.388 e. The zero-order valence-corrected chi connectivity index (χ0v) is 7.61. The lowest BCUT2D eigenvalue weighted by atomic mass is 9.81. The highest BCUT2D eigenvalue weighted by atomic mass is 16.3. The molecule has 2 aliphatic carbocycles. The summed E-state index contributed by atoms with van der Waals surface area (Å²) in [5, 5.41) is 10.0. The van der Waals surface area contributed by atoms with E-state index in [1.54, 1.807) is 0 Å². The van der Waals surface area contributed by atoms with Crippen molar-refractivity contribution in [1.29, 1.82) is 0 Å². The molecule has 0 heterocycles.